The molecule has 0 aliphatic rings. The quantitative estimate of drug-likeness (QED) is 0.505. The highest BCUT2D eigenvalue weighted by Crippen LogP contribution is 2.24. The molecule has 136 valence electrons. The summed E-state index contributed by atoms with van der Waals surface area (Å²) < 4.78 is 15.4. The molecule has 0 aliphatic carbocycles. The summed E-state index contributed by atoms with van der Waals surface area (Å²) in [5, 5.41) is 3.77. The van der Waals surface area contributed by atoms with E-state index < -0.39 is 5.97 Å². The van der Waals surface area contributed by atoms with Gasteiger partial charge in [0.15, 0.2) is 0 Å². The maximum Gasteiger partial charge on any atom is 0.337 e. The highest BCUT2D eigenvalue weighted by Gasteiger charge is 2.09. The van der Waals surface area contributed by atoms with Crippen LogP contribution in [0.25, 0.3) is 10.9 Å². The van der Waals surface area contributed by atoms with E-state index in [1.54, 1.807) is 6.07 Å². The fourth-order valence-electron chi connectivity index (χ4n) is 2.36. The number of aromatic nitrogens is 1. The molecule has 1 aromatic carbocycles. The summed E-state index contributed by atoms with van der Waals surface area (Å²) in [6.07, 6.45) is 2.55. The first-order chi connectivity index (χ1) is 12.1. The third-order valence-corrected chi connectivity index (χ3v) is 3.55. The molecule has 0 fully saturated rings. The molecular weight excluding hydrogens is 324 g/mol. The Morgan fingerprint density at radius 1 is 1.12 bits per heavy atom. The number of H-pyrrole nitrogens is 1. The van der Waals surface area contributed by atoms with Gasteiger partial charge in [0.05, 0.1) is 0 Å². The minimum Gasteiger partial charge on any atom is -0.425 e. The van der Waals surface area contributed by atoms with E-state index in [0.717, 1.165) is 16.5 Å². The fraction of sp³-hybridized carbons (Fsp3) is 0.444. The van der Waals surface area contributed by atoms with Crippen LogP contribution in [0.1, 0.15) is 19.4 Å². The number of esters is 1. The van der Waals surface area contributed by atoms with Crippen molar-refractivity contribution in [1.82, 2.24) is 10.3 Å². The standard InChI is InChI=1S/C18H24N2O5/c1-3-23-11-17(21)19-8-7-13-10-20-16-6-5-14(9-15(13)16)25-18(22)12-24-4-2/h5-6,9-10,20H,3-4,7-8,11-12H2,1-2H3,(H,19,21). The molecule has 0 unspecified atom stereocenters. The molecule has 2 rings (SSSR count). The SMILES string of the molecule is CCOCC(=O)NCCc1c[nH]c2ccc(OC(=O)COCC)cc12. The van der Waals surface area contributed by atoms with Gasteiger partial charge in [-0.3, -0.25) is 4.79 Å². The molecule has 2 aromatic rings. The molecule has 1 amide bonds. The Morgan fingerprint density at radius 2 is 1.88 bits per heavy atom. The van der Waals surface area contributed by atoms with Crippen molar-refractivity contribution in [3.8, 4) is 5.75 Å². The lowest BCUT2D eigenvalue weighted by Crippen LogP contribution is -2.29. The van der Waals surface area contributed by atoms with Crippen LogP contribution < -0.4 is 10.1 Å². The van der Waals surface area contributed by atoms with Crippen molar-refractivity contribution in [3.05, 3.63) is 30.0 Å². The van der Waals surface area contributed by atoms with Crippen molar-refractivity contribution in [2.24, 2.45) is 0 Å². The van der Waals surface area contributed by atoms with Crippen LogP contribution in [0.5, 0.6) is 5.75 Å². The number of nitrogens with one attached hydrogen (secondary N) is 2. The first-order valence-corrected chi connectivity index (χ1v) is 8.37. The van der Waals surface area contributed by atoms with Gasteiger partial charge < -0.3 is 24.5 Å². The van der Waals surface area contributed by atoms with Gasteiger partial charge in [0, 0.05) is 36.9 Å². The Bertz CT molecular complexity index is 711. The molecule has 0 aliphatic heterocycles. The van der Waals surface area contributed by atoms with Crippen molar-refractivity contribution in [2.75, 3.05) is 33.0 Å². The molecule has 0 saturated heterocycles. The fourth-order valence-corrected chi connectivity index (χ4v) is 2.36. The summed E-state index contributed by atoms with van der Waals surface area (Å²) >= 11 is 0. The summed E-state index contributed by atoms with van der Waals surface area (Å²) in [7, 11) is 0. The number of amides is 1. The Kier molecular flexibility index (Phi) is 7.43. The van der Waals surface area contributed by atoms with E-state index in [-0.39, 0.29) is 19.1 Å². The Hall–Kier alpha value is -2.38. The minimum atomic E-state index is -0.429. The van der Waals surface area contributed by atoms with Crippen LogP contribution in [0, 0.1) is 0 Å². The van der Waals surface area contributed by atoms with Crippen LogP contribution in [0.2, 0.25) is 0 Å². The number of hydrogen-bond donors (Lipinski definition) is 2. The highest BCUT2D eigenvalue weighted by molar-refractivity contribution is 5.85. The average molecular weight is 348 g/mol. The Labute approximate surface area is 146 Å². The molecule has 1 heterocycles. The van der Waals surface area contributed by atoms with Crippen LogP contribution in [0.3, 0.4) is 0 Å². The van der Waals surface area contributed by atoms with Gasteiger partial charge in [0.1, 0.15) is 19.0 Å². The van der Waals surface area contributed by atoms with Crippen molar-refractivity contribution >= 4 is 22.8 Å². The molecule has 0 atom stereocenters. The van der Waals surface area contributed by atoms with Gasteiger partial charge in [0.2, 0.25) is 5.91 Å². The molecular formula is C18H24N2O5. The van der Waals surface area contributed by atoms with E-state index in [0.29, 0.717) is 31.9 Å². The monoisotopic (exact) mass is 348 g/mol. The molecule has 1 aromatic heterocycles. The van der Waals surface area contributed by atoms with Crippen LogP contribution >= 0.6 is 0 Å². The number of carbonyl (C=O) groups is 2. The summed E-state index contributed by atoms with van der Waals surface area (Å²) in [5.74, 6) is -0.0906. The van der Waals surface area contributed by atoms with Gasteiger partial charge >= 0.3 is 5.97 Å². The van der Waals surface area contributed by atoms with Gasteiger partial charge in [-0.2, -0.15) is 0 Å². The predicted molar refractivity (Wildman–Crippen MR) is 93.6 cm³/mol. The van der Waals surface area contributed by atoms with Crippen LogP contribution in [-0.2, 0) is 25.5 Å². The topological polar surface area (TPSA) is 89.6 Å². The van der Waals surface area contributed by atoms with E-state index in [1.807, 2.05) is 32.2 Å². The second kappa shape index (κ2) is 9.80. The minimum absolute atomic E-state index is 0.0691. The zero-order chi connectivity index (χ0) is 18.1. The largest absolute Gasteiger partial charge is 0.425 e. The maximum atomic E-state index is 11.6. The second-order valence-electron chi connectivity index (χ2n) is 5.37. The molecule has 0 spiro atoms. The lowest BCUT2D eigenvalue weighted by molar-refractivity contribution is -0.139. The van der Waals surface area contributed by atoms with Crippen LogP contribution in [0.4, 0.5) is 0 Å². The van der Waals surface area contributed by atoms with Crippen LogP contribution in [-0.4, -0.2) is 49.8 Å². The summed E-state index contributed by atoms with van der Waals surface area (Å²) in [6.45, 7) is 5.15. The lowest BCUT2D eigenvalue weighted by atomic mass is 10.1. The van der Waals surface area contributed by atoms with Gasteiger partial charge in [-0.05, 0) is 44.0 Å². The van der Waals surface area contributed by atoms with Crippen molar-refractivity contribution in [3.63, 3.8) is 0 Å². The molecule has 25 heavy (non-hydrogen) atoms. The number of hydrogen-bond acceptors (Lipinski definition) is 5. The zero-order valence-corrected chi connectivity index (χ0v) is 14.6. The van der Waals surface area contributed by atoms with Gasteiger partial charge in [-0.15, -0.1) is 0 Å². The van der Waals surface area contributed by atoms with E-state index in [9.17, 15) is 9.59 Å². The summed E-state index contributed by atoms with van der Waals surface area (Å²) in [4.78, 5) is 26.4. The predicted octanol–water partition coefficient (Wildman–Crippen LogP) is 1.80. The molecule has 0 saturated carbocycles. The average Bonchev–Trinajstić information content (AvgIpc) is 3.00. The maximum absolute atomic E-state index is 11.6. The highest BCUT2D eigenvalue weighted by atomic mass is 16.6. The normalized spacial score (nSPS) is 10.8. The number of benzene rings is 1. The number of fused-ring (bicyclic) bond motifs is 1. The molecule has 7 nitrogen and oxygen atoms in total. The van der Waals surface area contributed by atoms with Gasteiger partial charge in [0.25, 0.3) is 0 Å². The second-order valence-corrected chi connectivity index (χ2v) is 5.37. The number of rotatable bonds is 10. The van der Waals surface area contributed by atoms with E-state index >= 15 is 0 Å². The van der Waals surface area contributed by atoms with E-state index in [2.05, 4.69) is 10.3 Å². The third-order valence-electron chi connectivity index (χ3n) is 3.55. The number of carbonyl (C=O) groups excluding carboxylic acids is 2. The van der Waals surface area contributed by atoms with Gasteiger partial charge in [-0.25, -0.2) is 4.79 Å². The smallest absolute Gasteiger partial charge is 0.337 e. The van der Waals surface area contributed by atoms with Crippen molar-refractivity contribution < 1.29 is 23.8 Å². The lowest BCUT2D eigenvalue weighted by Gasteiger charge is -2.06. The molecule has 0 radical (unpaired) electrons. The first-order valence-electron chi connectivity index (χ1n) is 8.37. The molecule has 7 heteroatoms. The van der Waals surface area contributed by atoms with Crippen molar-refractivity contribution in [1.29, 1.82) is 0 Å². The zero-order valence-electron chi connectivity index (χ0n) is 14.6. The summed E-state index contributed by atoms with van der Waals surface area (Å²) in [5.41, 5.74) is 1.98. The number of ether oxygens (including phenoxy) is 3. The van der Waals surface area contributed by atoms with Gasteiger partial charge in [-0.1, -0.05) is 0 Å². The van der Waals surface area contributed by atoms with E-state index in [1.165, 1.54) is 0 Å². The van der Waals surface area contributed by atoms with Crippen LogP contribution in [0.15, 0.2) is 24.4 Å². The molecule has 0 bridgehead atoms. The summed E-state index contributed by atoms with van der Waals surface area (Å²) in [6, 6.07) is 5.40. The number of aromatic amines is 1. The first kappa shape index (κ1) is 19.0. The Balaban J connectivity index is 1.95. The van der Waals surface area contributed by atoms with E-state index in [4.69, 9.17) is 14.2 Å². The Morgan fingerprint density at radius 3 is 2.64 bits per heavy atom. The molecule has 2 N–H and O–H groups in total. The third kappa shape index (κ3) is 5.88. The van der Waals surface area contributed by atoms with Crippen molar-refractivity contribution in [2.45, 2.75) is 20.3 Å².